The van der Waals surface area contributed by atoms with E-state index in [0.29, 0.717) is 11.6 Å². The summed E-state index contributed by atoms with van der Waals surface area (Å²) in [5.41, 5.74) is 1.11. The van der Waals surface area contributed by atoms with Crippen LogP contribution in [0, 0.1) is 18.6 Å². The number of hydrogen-bond donors (Lipinski definition) is 2. The summed E-state index contributed by atoms with van der Waals surface area (Å²) in [7, 11) is 0. The maximum absolute atomic E-state index is 14.4. The Morgan fingerprint density at radius 2 is 2.00 bits per heavy atom. The molecule has 2 aromatic carbocycles. The number of benzene rings is 2. The molecule has 0 bridgehead atoms. The van der Waals surface area contributed by atoms with Gasteiger partial charge in [-0.3, -0.25) is 9.59 Å². The summed E-state index contributed by atoms with van der Waals surface area (Å²) in [6.07, 6.45) is 1.36. The van der Waals surface area contributed by atoms with Crippen LogP contribution in [-0.4, -0.2) is 17.9 Å². The van der Waals surface area contributed by atoms with Crippen molar-refractivity contribution in [3.8, 4) is 11.3 Å². The average molecular weight is 452 g/mol. The molecular formula is C25H21F2N3O3. The number of amides is 1. The Hall–Kier alpha value is -4.07. The Morgan fingerprint density at radius 3 is 2.76 bits per heavy atom. The lowest BCUT2D eigenvalue weighted by molar-refractivity contribution is 0.0959. The monoisotopic (exact) mass is 452 g/mol. The molecule has 0 aliphatic heterocycles. The highest BCUT2D eigenvalue weighted by atomic mass is 19.1. The first-order valence-corrected chi connectivity index (χ1v) is 10.0. The van der Waals surface area contributed by atoms with Gasteiger partial charge < -0.3 is 15.1 Å². The van der Waals surface area contributed by atoms with E-state index in [1.807, 2.05) is 5.32 Å². The van der Waals surface area contributed by atoms with Crippen molar-refractivity contribution < 1.29 is 22.1 Å². The molecule has 6 nitrogen and oxygen atoms in total. The van der Waals surface area contributed by atoms with Crippen LogP contribution in [0.4, 0.5) is 14.5 Å². The van der Waals surface area contributed by atoms with Gasteiger partial charge in [0.2, 0.25) is 0 Å². The summed E-state index contributed by atoms with van der Waals surface area (Å²) < 4.78 is 55.6. The minimum Gasteiger partial charge on any atom is -0.455 e. The lowest BCUT2D eigenvalue weighted by Gasteiger charge is -2.19. The van der Waals surface area contributed by atoms with E-state index in [1.165, 1.54) is 12.3 Å². The topological polar surface area (TPSA) is 84.2 Å². The normalized spacial score (nSPS) is 13.6. The van der Waals surface area contributed by atoms with E-state index in [1.54, 1.807) is 38.1 Å². The van der Waals surface area contributed by atoms with Gasteiger partial charge in [-0.15, -0.1) is 0 Å². The van der Waals surface area contributed by atoms with Crippen LogP contribution < -0.4 is 16.1 Å². The molecule has 2 N–H and O–H groups in total. The quantitative estimate of drug-likeness (QED) is 0.447. The molecule has 0 aliphatic carbocycles. The van der Waals surface area contributed by atoms with Crippen molar-refractivity contribution in [3.63, 3.8) is 0 Å². The Bertz CT molecular complexity index is 1540. The Labute approximate surface area is 192 Å². The summed E-state index contributed by atoms with van der Waals surface area (Å²) in [6, 6.07) is 10.1. The summed E-state index contributed by atoms with van der Waals surface area (Å²) in [4.78, 5) is 29.4. The molecule has 1 atom stereocenters. The predicted molar refractivity (Wildman–Crippen MR) is 122 cm³/mol. The number of carbonyl (C=O) groups excluding carboxylic acids is 1. The number of carbonyl (C=O) groups is 1. The number of aromatic nitrogens is 1. The Balaban J connectivity index is 1.79. The van der Waals surface area contributed by atoms with Gasteiger partial charge in [0.05, 0.1) is 22.7 Å². The number of rotatable bonds is 5. The highest BCUT2D eigenvalue weighted by molar-refractivity contribution is 5.97. The van der Waals surface area contributed by atoms with Gasteiger partial charge in [-0.05, 0) is 49.7 Å². The highest BCUT2D eigenvalue weighted by Gasteiger charge is 2.19. The first-order chi connectivity index (χ1) is 16.9. The zero-order valence-corrected chi connectivity index (χ0v) is 17.7. The fourth-order valence-electron chi connectivity index (χ4n) is 3.65. The fraction of sp³-hybridized carbons (Fsp3) is 0.160. The highest BCUT2D eigenvalue weighted by Crippen LogP contribution is 2.31. The van der Waals surface area contributed by atoms with Gasteiger partial charge >= 0.3 is 0 Å². The van der Waals surface area contributed by atoms with Gasteiger partial charge in [-0.1, -0.05) is 6.07 Å². The van der Waals surface area contributed by atoms with E-state index < -0.39 is 36.0 Å². The zero-order valence-electron chi connectivity index (χ0n) is 20.7. The minimum atomic E-state index is -2.69. The number of anilines is 1. The van der Waals surface area contributed by atoms with Crippen LogP contribution in [0.1, 0.15) is 38.7 Å². The largest absolute Gasteiger partial charge is 0.455 e. The molecule has 8 heteroatoms. The number of hydrogen-bond acceptors (Lipinski definition) is 5. The molecule has 2 aromatic heterocycles. The van der Waals surface area contributed by atoms with E-state index in [9.17, 15) is 18.4 Å². The Kier molecular flexibility index (Phi) is 4.94. The second kappa shape index (κ2) is 8.82. The molecule has 0 unspecified atom stereocenters. The maximum Gasteiger partial charge on any atom is 0.271 e. The second-order valence-corrected chi connectivity index (χ2v) is 7.55. The molecule has 0 fully saturated rings. The van der Waals surface area contributed by atoms with E-state index >= 15 is 0 Å². The van der Waals surface area contributed by atoms with Crippen molar-refractivity contribution in [2.75, 3.05) is 12.3 Å². The molecule has 2 heterocycles. The minimum absolute atomic E-state index is 0.0681. The number of aryl methyl sites for hydroxylation is 1. The molecule has 4 aromatic rings. The average Bonchev–Trinajstić information content (AvgIpc) is 2.78. The first kappa shape index (κ1) is 18.5. The molecule has 0 radical (unpaired) electrons. The van der Waals surface area contributed by atoms with E-state index in [-0.39, 0.29) is 33.7 Å². The summed E-state index contributed by atoms with van der Waals surface area (Å²) >= 11 is 0. The molecule has 4 rings (SSSR count). The van der Waals surface area contributed by atoms with E-state index in [4.69, 9.17) is 8.53 Å². The smallest absolute Gasteiger partial charge is 0.271 e. The third-order valence-electron chi connectivity index (χ3n) is 5.17. The molecule has 0 spiro atoms. The Morgan fingerprint density at radius 1 is 1.18 bits per heavy atom. The number of nitrogens with one attached hydrogen (secondary N) is 2. The van der Waals surface area contributed by atoms with Gasteiger partial charge in [0.25, 0.3) is 5.91 Å². The van der Waals surface area contributed by atoms with Crippen LogP contribution in [-0.2, 0) is 0 Å². The van der Waals surface area contributed by atoms with Crippen LogP contribution >= 0.6 is 0 Å². The van der Waals surface area contributed by atoms with Crippen molar-refractivity contribution in [2.24, 2.45) is 0 Å². The van der Waals surface area contributed by atoms with Gasteiger partial charge in [0.1, 0.15) is 23.0 Å². The van der Waals surface area contributed by atoms with Crippen molar-refractivity contribution in [3.05, 3.63) is 93.4 Å². The zero-order chi connectivity index (χ0) is 26.2. The predicted octanol–water partition coefficient (Wildman–Crippen LogP) is 4.97. The standard InChI is InChI=1S/C25H21F2N3O3/c1-13-9-17(14(2)30-20-5-4-8-29-23(20)25(32)28-3)24-18(10-13)21(31)12-22(33-24)16-7-6-15(26)11-19(16)27/h4-12,14,30H,1-3H3,(H,28,32)/t14-/m1/s1/i3D3. The molecule has 0 saturated carbocycles. The third-order valence-corrected chi connectivity index (χ3v) is 5.17. The molecule has 168 valence electrons. The number of halogens is 2. The van der Waals surface area contributed by atoms with Crippen LogP contribution in [0.2, 0.25) is 0 Å². The third kappa shape index (κ3) is 4.32. The first-order valence-electron chi connectivity index (χ1n) is 11.5. The lowest BCUT2D eigenvalue weighted by atomic mass is 10.0. The fourth-order valence-corrected chi connectivity index (χ4v) is 3.65. The van der Waals surface area contributed by atoms with Crippen LogP contribution in [0.3, 0.4) is 0 Å². The molecule has 1 amide bonds. The van der Waals surface area contributed by atoms with Crippen LogP contribution in [0.5, 0.6) is 0 Å². The van der Waals surface area contributed by atoms with Crippen LogP contribution in [0.15, 0.2) is 63.9 Å². The summed E-state index contributed by atoms with van der Waals surface area (Å²) in [6.45, 7) is 0.847. The maximum atomic E-state index is 14.4. The van der Waals surface area contributed by atoms with E-state index in [0.717, 1.165) is 17.7 Å². The van der Waals surface area contributed by atoms with E-state index in [2.05, 4.69) is 10.3 Å². The van der Waals surface area contributed by atoms with Gasteiger partial charge in [0, 0.05) is 35.0 Å². The lowest BCUT2D eigenvalue weighted by Crippen LogP contribution is -2.21. The molecule has 0 saturated heterocycles. The van der Waals surface area contributed by atoms with Crippen LogP contribution in [0.25, 0.3) is 22.3 Å². The second-order valence-electron chi connectivity index (χ2n) is 7.55. The molecule has 33 heavy (non-hydrogen) atoms. The number of nitrogens with zero attached hydrogens (tertiary/aromatic N) is 1. The van der Waals surface area contributed by atoms with Crippen molar-refractivity contribution in [1.29, 1.82) is 0 Å². The van der Waals surface area contributed by atoms with Crippen molar-refractivity contribution in [2.45, 2.75) is 19.9 Å². The molecule has 0 aliphatic rings. The van der Waals surface area contributed by atoms with Crippen molar-refractivity contribution >= 4 is 22.6 Å². The molecular weight excluding hydrogens is 428 g/mol. The van der Waals surface area contributed by atoms with Gasteiger partial charge in [0.15, 0.2) is 11.1 Å². The van der Waals surface area contributed by atoms with Gasteiger partial charge in [-0.25, -0.2) is 13.8 Å². The van der Waals surface area contributed by atoms with Crippen molar-refractivity contribution in [1.82, 2.24) is 10.3 Å². The summed E-state index contributed by atoms with van der Waals surface area (Å²) in [5, 5.41) is 5.28. The summed E-state index contributed by atoms with van der Waals surface area (Å²) in [5.74, 6) is -2.60. The van der Waals surface area contributed by atoms with Gasteiger partial charge in [-0.2, -0.15) is 0 Å². The number of pyridine rings is 1. The SMILES string of the molecule is [2H]C([2H])([2H])NC(=O)c1ncccc1N[C@H](C)c1cc(C)cc2c(=O)cc(-c3ccc(F)cc3F)oc12. The number of fused-ring (bicyclic) bond motifs is 1.